The van der Waals surface area contributed by atoms with E-state index in [1.165, 1.54) is 0 Å². The molecule has 2 nitrogen and oxygen atoms in total. The highest BCUT2D eigenvalue weighted by Gasteiger charge is 2.22. The smallest absolute Gasteiger partial charge is 0.0966 e. The second-order valence-corrected chi connectivity index (χ2v) is 4.18. The minimum Gasteiger partial charge on any atom is -0.371 e. The third-order valence-electron chi connectivity index (χ3n) is 2.85. The molecule has 1 saturated heterocycles. The van der Waals surface area contributed by atoms with Gasteiger partial charge in [-0.2, -0.15) is 0 Å². The van der Waals surface area contributed by atoms with Crippen molar-refractivity contribution in [2.75, 3.05) is 26.2 Å². The molecule has 1 aliphatic rings. The summed E-state index contributed by atoms with van der Waals surface area (Å²) in [6, 6.07) is 7.93. The molecule has 15 heavy (non-hydrogen) atoms. The molecule has 1 aromatic carbocycles. The van der Waals surface area contributed by atoms with Gasteiger partial charge in [0.05, 0.1) is 12.7 Å². The molecule has 1 heterocycles. The second-order valence-electron chi connectivity index (χ2n) is 3.77. The number of benzene rings is 1. The van der Waals surface area contributed by atoms with E-state index in [2.05, 4.69) is 11.8 Å². The molecule has 2 rings (SSSR count). The molecule has 3 heteroatoms. The summed E-state index contributed by atoms with van der Waals surface area (Å²) in [4.78, 5) is 2.39. The molecule has 0 aliphatic carbocycles. The Bertz CT molecular complexity index is 329. The number of hydrogen-bond acceptors (Lipinski definition) is 2. The van der Waals surface area contributed by atoms with E-state index in [1.54, 1.807) is 0 Å². The van der Waals surface area contributed by atoms with E-state index >= 15 is 0 Å². The van der Waals surface area contributed by atoms with Crippen molar-refractivity contribution in [2.24, 2.45) is 0 Å². The lowest BCUT2D eigenvalue weighted by atomic mass is 10.1. The van der Waals surface area contributed by atoms with E-state index in [0.29, 0.717) is 0 Å². The van der Waals surface area contributed by atoms with Crippen LogP contribution in [-0.4, -0.2) is 31.1 Å². The molecule has 0 saturated carbocycles. The fourth-order valence-corrected chi connectivity index (χ4v) is 2.17. The summed E-state index contributed by atoms with van der Waals surface area (Å²) in [5.74, 6) is 0. The Morgan fingerprint density at radius 2 is 2.27 bits per heavy atom. The molecule has 1 fully saturated rings. The first-order valence-electron chi connectivity index (χ1n) is 5.39. The van der Waals surface area contributed by atoms with Crippen LogP contribution in [0.4, 0.5) is 0 Å². The molecular formula is C12H16ClNO. The maximum absolute atomic E-state index is 6.15. The minimum atomic E-state index is 0.132. The average Bonchev–Trinajstić information content (AvgIpc) is 2.30. The maximum Gasteiger partial charge on any atom is 0.0966 e. The van der Waals surface area contributed by atoms with Crippen molar-refractivity contribution >= 4 is 11.6 Å². The topological polar surface area (TPSA) is 12.5 Å². The quantitative estimate of drug-likeness (QED) is 0.768. The van der Waals surface area contributed by atoms with Gasteiger partial charge in [-0.15, -0.1) is 0 Å². The molecule has 1 aromatic rings. The molecule has 1 atom stereocenters. The van der Waals surface area contributed by atoms with Gasteiger partial charge in [-0.1, -0.05) is 36.7 Å². The van der Waals surface area contributed by atoms with Crippen LogP contribution in [0.5, 0.6) is 0 Å². The van der Waals surface area contributed by atoms with Gasteiger partial charge in [-0.05, 0) is 12.6 Å². The number of morpholine rings is 1. The highest BCUT2D eigenvalue weighted by atomic mass is 35.5. The molecular weight excluding hydrogens is 210 g/mol. The van der Waals surface area contributed by atoms with Gasteiger partial charge in [0.1, 0.15) is 0 Å². The number of halogens is 1. The monoisotopic (exact) mass is 225 g/mol. The minimum absolute atomic E-state index is 0.132. The van der Waals surface area contributed by atoms with Gasteiger partial charge in [0, 0.05) is 23.7 Å². The summed E-state index contributed by atoms with van der Waals surface area (Å²) in [7, 11) is 0. The van der Waals surface area contributed by atoms with Gasteiger partial charge in [-0.25, -0.2) is 0 Å². The highest BCUT2D eigenvalue weighted by Crippen LogP contribution is 2.27. The van der Waals surface area contributed by atoms with Crippen molar-refractivity contribution in [3.8, 4) is 0 Å². The molecule has 0 bridgehead atoms. The number of hydrogen-bond donors (Lipinski definition) is 0. The molecule has 82 valence electrons. The van der Waals surface area contributed by atoms with Crippen molar-refractivity contribution in [1.29, 1.82) is 0 Å². The van der Waals surface area contributed by atoms with Crippen LogP contribution in [0.3, 0.4) is 0 Å². The summed E-state index contributed by atoms with van der Waals surface area (Å²) >= 11 is 6.15. The lowest BCUT2D eigenvalue weighted by Gasteiger charge is -2.32. The van der Waals surface area contributed by atoms with Crippen LogP contribution in [0.1, 0.15) is 18.6 Å². The Balaban J connectivity index is 2.13. The number of ether oxygens (including phenoxy) is 1. The van der Waals surface area contributed by atoms with Crippen molar-refractivity contribution in [3.63, 3.8) is 0 Å². The van der Waals surface area contributed by atoms with Gasteiger partial charge >= 0.3 is 0 Å². The standard InChI is InChI=1S/C12H16ClNO/c1-2-14-7-8-15-12(9-14)10-5-3-4-6-11(10)13/h3-6,12H,2,7-9H2,1H3. The van der Waals surface area contributed by atoms with Gasteiger partial charge in [0.15, 0.2) is 0 Å². The average molecular weight is 226 g/mol. The third kappa shape index (κ3) is 2.51. The molecule has 0 spiro atoms. The van der Waals surface area contributed by atoms with Crippen molar-refractivity contribution < 1.29 is 4.74 Å². The number of nitrogens with zero attached hydrogens (tertiary/aromatic N) is 1. The summed E-state index contributed by atoms with van der Waals surface area (Å²) < 4.78 is 5.75. The van der Waals surface area contributed by atoms with Crippen molar-refractivity contribution in [3.05, 3.63) is 34.9 Å². The lowest BCUT2D eigenvalue weighted by Crippen LogP contribution is -2.38. The van der Waals surface area contributed by atoms with Gasteiger partial charge in [0.2, 0.25) is 0 Å². The molecule has 1 aliphatic heterocycles. The van der Waals surface area contributed by atoms with E-state index in [0.717, 1.165) is 36.8 Å². The van der Waals surface area contributed by atoms with E-state index in [9.17, 15) is 0 Å². The Morgan fingerprint density at radius 3 is 3.00 bits per heavy atom. The second kappa shape index (κ2) is 4.97. The molecule has 0 N–H and O–H groups in total. The summed E-state index contributed by atoms with van der Waals surface area (Å²) in [6.07, 6.45) is 0.132. The van der Waals surface area contributed by atoms with Gasteiger partial charge in [-0.3, -0.25) is 4.90 Å². The normalized spacial score (nSPS) is 22.9. The zero-order chi connectivity index (χ0) is 10.7. The fraction of sp³-hybridized carbons (Fsp3) is 0.500. The number of rotatable bonds is 2. The SMILES string of the molecule is CCN1CCOC(c2ccccc2Cl)C1. The zero-order valence-electron chi connectivity index (χ0n) is 8.95. The maximum atomic E-state index is 6.15. The Morgan fingerprint density at radius 1 is 1.47 bits per heavy atom. The first kappa shape index (κ1) is 10.9. The largest absolute Gasteiger partial charge is 0.371 e. The molecule has 0 aromatic heterocycles. The van der Waals surface area contributed by atoms with E-state index in [4.69, 9.17) is 16.3 Å². The van der Waals surface area contributed by atoms with Crippen LogP contribution in [0.25, 0.3) is 0 Å². The summed E-state index contributed by atoms with van der Waals surface area (Å²) in [6.45, 7) is 6.01. The van der Waals surface area contributed by atoms with Crippen LogP contribution in [0.15, 0.2) is 24.3 Å². The van der Waals surface area contributed by atoms with Crippen LogP contribution in [-0.2, 0) is 4.74 Å². The highest BCUT2D eigenvalue weighted by molar-refractivity contribution is 6.31. The predicted molar refractivity (Wildman–Crippen MR) is 62.3 cm³/mol. The Hall–Kier alpha value is -0.570. The zero-order valence-corrected chi connectivity index (χ0v) is 9.70. The third-order valence-corrected chi connectivity index (χ3v) is 3.19. The van der Waals surface area contributed by atoms with Crippen molar-refractivity contribution in [1.82, 2.24) is 4.90 Å². The predicted octanol–water partition coefficient (Wildman–Crippen LogP) is 2.73. The molecule has 1 unspecified atom stereocenters. The van der Waals surface area contributed by atoms with Crippen molar-refractivity contribution in [2.45, 2.75) is 13.0 Å². The van der Waals surface area contributed by atoms with Crippen LogP contribution < -0.4 is 0 Å². The first-order valence-corrected chi connectivity index (χ1v) is 5.77. The van der Waals surface area contributed by atoms with Gasteiger partial charge < -0.3 is 4.74 Å². The van der Waals surface area contributed by atoms with Crippen LogP contribution in [0, 0.1) is 0 Å². The van der Waals surface area contributed by atoms with Crippen LogP contribution in [0.2, 0.25) is 5.02 Å². The van der Waals surface area contributed by atoms with E-state index in [1.807, 2.05) is 24.3 Å². The number of likely N-dealkylation sites (N-methyl/N-ethyl adjacent to an activating group) is 1. The van der Waals surface area contributed by atoms with E-state index in [-0.39, 0.29) is 6.10 Å². The van der Waals surface area contributed by atoms with Crippen LogP contribution >= 0.6 is 11.6 Å². The molecule has 0 amide bonds. The summed E-state index contributed by atoms with van der Waals surface area (Å²) in [5.41, 5.74) is 1.11. The molecule has 0 radical (unpaired) electrons. The van der Waals surface area contributed by atoms with E-state index < -0.39 is 0 Å². The fourth-order valence-electron chi connectivity index (χ4n) is 1.91. The van der Waals surface area contributed by atoms with Gasteiger partial charge in [0.25, 0.3) is 0 Å². The first-order chi connectivity index (χ1) is 7.31. The lowest BCUT2D eigenvalue weighted by molar-refractivity contribution is -0.0281. The Labute approximate surface area is 95.8 Å². The Kier molecular flexibility index (Phi) is 3.62. The summed E-state index contributed by atoms with van der Waals surface area (Å²) in [5, 5.41) is 0.806.